The van der Waals surface area contributed by atoms with Crippen LogP contribution in [0, 0.1) is 12.8 Å². The van der Waals surface area contributed by atoms with E-state index in [0.717, 1.165) is 18.5 Å². The number of hydrogen-bond acceptors (Lipinski definition) is 2. The van der Waals surface area contributed by atoms with Gasteiger partial charge in [0, 0.05) is 18.6 Å². The van der Waals surface area contributed by atoms with Gasteiger partial charge in [-0.15, -0.1) is 0 Å². The van der Waals surface area contributed by atoms with Crippen LogP contribution in [0.2, 0.25) is 0 Å². The highest BCUT2D eigenvalue weighted by Crippen LogP contribution is 2.35. The van der Waals surface area contributed by atoms with Crippen molar-refractivity contribution in [2.75, 3.05) is 13.1 Å². The molecular weight excluding hydrogens is 244 g/mol. The van der Waals surface area contributed by atoms with Gasteiger partial charge in [-0.1, -0.05) is 37.1 Å². The molecule has 1 aliphatic heterocycles. The highest BCUT2D eigenvalue weighted by atomic mass is 15.2. The van der Waals surface area contributed by atoms with Gasteiger partial charge in [0.25, 0.3) is 0 Å². The minimum Gasteiger partial charge on any atom is -0.323 e. The maximum absolute atomic E-state index is 6.51. The molecule has 3 atom stereocenters. The third kappa shape index (κ3) is 2.91. The maximum atomic E-state index is 6.51. The molecule has 2 aliphatic rings. The molecule has 0 spiro atoms. The Hall–Kier alpha value is -0.860. The number of aryl methyl sites for hydroxylation is 1. The van der Waals surface area contributed by atoms with Crippen LogP contribution in [0.15, 0.2) is 24.3 Å². The summed E-state index contributed by atoms with van der Waals surface area (Å²) in [5.74, 6) is 0.946. The van der Waals surface area contributed by atoms with E-state index in [1.165, 1.54) is 56.2 Å². The number of piperidine rings is 1. The summed E-state index contributed by atoms with van der Waals surface area (Å²) in [4.78, 5) is 2.70. The van der Waals surface area contributed by atoms with Gasteiger partial charge in [0.1, 0.15) is 0 Å². The fourth-order valence-corrected chi connectivity index (χ4v) is 4.31. The van der Waals surface area contributed by atoms with E-state index in [2.05, 4.69) is 36.1 Å². The molecule has 0 amide bonds. The lowest BCUT2D eigenvalue weighted by Gasteiger charge is -2.45. The van der Waals surface area contributed by atoms with Gasteiger partial charge >= 0.3 is 0 Å². The molecule has 3 rings (SSSR count). The number of rotatable bonds is 3. The molecule has 110 valence electrons. The average molecular weight is 272 g/mol. The van der Waals surface area contributed by atoms with E-state index in [-0.39, 0.29) is 6.04 Å². The number of likely N-dealkylation sites (tertiary alicyclic amines) is 1. The molecule has 0 bridgehead atoms. The van der Waals surface area contributed by atoms with E-state index in [9.17, 15) is 0 Å². The summed E-state index contributed by atoms with van der Waals surface area (Å²) in [7, 11) is 0. The second-order valence-corrected chi connectivity index (χ2v) is 6.71. The minimum atomic E-state index is 0.164. The Morgan fingerprint density at radius 3 is 2.75 bits per heavy atom. The van der Waals surface area contributed by atoms with Gasteiger partial charge < -0.3 is 5.73 Å². The quantitative estimate of drug-likeness (QED) is 0.910. The van der Waals surface area contributed by atoms with Gasteiger partial charge in [0.15, 0.2) is 0 Å². The van der Waals surface area contributed by atoms with Crippen molar-refractivity contribution in [2.24, 2.45) is 11.7 Å². The molecular formula is C18H28N2. The van der Waals surface area contributed by atoms with Crippen LogP contribution in [0.3, 0.4) is 0 Å². The minimum absolute atomic E-state index is 0.164. The summed E-state index contributed by atoms with van der Waals surface area (Å²) < 4.78 is 0. The lowest BCUT2D eigenvalue weighted by Crippen LogP contribution is -2.49. The molecule has 0 radical (unpaired) electrons. The van der Waals surface area contributed by atoms with E-state index in [0.29, 0.717) is 0 Å². The van der Waals surface area contributed by atoms with Crippen LogP contribution in [0.25, 0.3) is 0 Å². The summed E-state index contributed by atoms with van der Waals surface area (Å²) in [6.07, 6.45) is 8.50. The molecule has 2 nitrogen and oxygen atoms in total. The Morgan fingerprint density at radius 2 is 1.90 bits per heavy atom. The Bertz CT molecular complexity index is 441. The maximum Gasteiger partial charge on any atom is 0.0427 e. The van der Waals surface area contributed by atoms with Gasteiger partial charge in [-0.05, 0) is 56.2 Å². The zero-order valence-corrected chi connectivity index (χ0v) is 12.7. The predicted molar refractivity (Wildman–Crippen MR) is 84.7 cm³/mol. The summed E-state index contributed by atoms with van der Waals surface area (Å²) in [6, 6.07) is 9.56. The van der Waals surface area contributed by atoms with Gasteiger partial charge in [-0.2, -0.15) is 0 Å². The largest absolute Gasteiger partial charge is 0.323 e. The SMILES string of the molecule is Cc1ccccc1C(N)CN1CCCC2CCCCC21. The van der Waals surface area contributed by atoms with Gasteiger partial charge in [0.05, 0.1) is 0 Å². The van der Waals surface area contributed by atoms with Crippen LogP contribution in [0.5, 0.6) is 0 Å². The van der Waals surface area contributed by atoms with E-state index in [1.807, 2.05) is 0 Å². The van der Waals surface area contributed by atoms with E-state index in [1.54, 1.807) is 0 Å². The predicted octanol–water partition coefficient (Wildman–Crippen LogP) is 3.65. The number of benzene rings is 1. The van der Waals surface area contributed by atoms with Crippen molar-refractivity contribution in [3.63, 3.8) is 0 Å². The zero-order chi connectivity index (χ0) is 13.9. The number of nitrogens with two attached hydrogens (primary N) is 1. The first-order valence-electron chi connectivity index (χ1n) is 8.31. The monoisotopic (exact) mass is 272 g/mol. The zero-order valence-electron chi connectivity index (χ0n) is 12.7. The first-order valence-corrected chi connectivity index (χ1v) is 8.31. The van der Waals surface area contributed by atoms with Crippen molar-refractivity contribution < 1.29 is 0 Å². The smallest absolute Gasteiger partial charge is 0.0427 e. The van der Waals surface area contributed by atoms with E-state index < -0.39 is 0 Å². The van der Waals surface area contributed by atoms with Crippen LogP contribution in [0.4, 0.5) is 0 Å². The molecule has 1 heterocycles. The van der Waals surface area contributed by atoms with Gasteiger partial charge in [0.2, 0.25) is 0 Å². The molecule has 1 saturated carbocycles. The first-order chi connectivity index (χ1) is 9.75. The molecule has 1 saturated heterocycles. The van der Waals surface area contributed by atoms with Crippen LogP contribution in [-0.2, 0) is 0 Å². The second kappa shape index (κ2) is 6.28. The summed E-state index contributed by atoms with van der Waals surface area (Å²) >= 11 is 0. The molecule has 1 aromatic carbocycles. The molecule has 3 unspecified atom stereocenters. The molecule has 20 heavy (non-hydrogen) atoms. The average Bonchev–Trinajstić information content (AvgIpc) is 2.48. The van der Waals surface area contributed by atoms with Crippen LogP contribution >= 0.6 is 0 Å². The summed E-state index contributed by atoms with van der Waals surface area (Å²) in [5.41, 5.74) is 9.16. The fourth-order valence-electron chi connectivity index (χ4n) is 4.31. The van der Waals surface area contributed by atoms with Crippen molar-refractivity contribution in [1.29, 1.82) is 0 Å². The van der Waals surface area contributed by atoms with Crippen LogP contribution in [0.1, 0.15) is 55.7 Å². The molecule has 2 heteroatoms. The van der Waals surface area contributed by atoms with Crippen molar-refractivity contribution >= 4 is 0 Å². The molecule has 0 aromatic heterocycles. The van der Waals surface area contributed by atoms with Crippen LogP contribution in [-0.4, -0.2) is 24.0 Å². The summed E-state index contributed by atoms with van der Waals surface area (Å²) in [6.45, 7) is 4.46. The topological polar surface area (TPSA) is 29.3 Å². The third-order valence-electron chi connectivity index (χ3n) is 5.38. The third-order valence-corrected chi connectivity index (χ3v) is 5.38. The highest BCUT2D eigenvalue weighted by molar-refractivity contribution is 5.28. The Kier molecular flexibility index (Phi) is 4.42. The number of fused-ring (bicyclic) bond motifs is 1. The molecule has 1 aliphatic carbocycles. The van der Waals surface area contributed by atoms with Crippen molar-refractivity contribution in [3.05, 3.63) is 35.4 Å². The molecule has 1 aromatic rings. The van der Waals surface area contributed by atoms with E-state index in [4.69, 9.17) is 5.73 Å². The molecule has 2 fully saturated rings. The van der Waals surface area contributed by atoms with Crippen molar-refractivity contribution in [3.8, 4) is 0 Å². The van der Waals surface area contributed by atoms with Gasteiger partial charge in [-0.3, -0.25) is 4.90 Å². The lowest BCUT2D eigenvalue weighted by molar-refractivity contribution is 0.0561. The Morgan fingerprint density at radius 1 is 1.15 bits per heavy atom. The van der Waals surface area contributed by atoms with Crippen molar-refractivity contribution in [1.82, 2.24) is 4.90 Å². The Balaban J connectivity index is 1.68. The first kappa shape index (κ1) is 14.1. The van der Waals surface area contributed by atoms with E-state index >= 15 is 0 Å². The normalized spacial score (nSPS) is 28.9. The second-order valence-electron chi connectivity index (χ2n) is 6.71. The van der Waals surface area contributed by atoms with Gasteiger partial charge in [-0.25, -0.2) is 0 Å². The Labute approximate surface area is 123 Å². The summed E-state index contributed by atoms with van der Waals surface area (Å²) in [5, 5.41) is 0. The van der Waals surface area contributed by atoms with Crippen LogP contribution < -0.4 is 5.73 Å². The highest BCUT2D eigenvalue weighted by Gasteiger charge is 2.33. The molecule has 2 N–H and O–H groups in total. The van der Waals surface area contributed by atoms with Crippen molar-refractivity contribution in [2.45, 2.75) is 57.5 Å². The lowest BCUT2D eigenvalue weighted by atomic mass is 9.78. The fraction of sp³-hybridized carbons (Fsp3) is 0.667. The number of nitrogens with zero attached hydrogens (tertiary/aromatic N) is 1. The number of hydrogen-bond donors (Lipinski definition) is 1. The standard InChI is InChI=1S/C18H28N2/c1-14-7-2-4-10-16(14)17(19)13-20-12-6-9-15-8-3-5-11-18(15)20/h2,4,7,10,15,17-18H,3,5-6,8-9,11-13,19H2,1H3.